The van der Waals surface area contributed by atoms with Gasteiger partial charge in [0.15, 0.2) is 12.4 Å². The zero-order valence-electron chi connectivity index (χ0n) is 12.5. The maximum atomic E-state index is 2.25. The van der Waals surface area contributed by atoms with Crippen molar-refractivity contribution >= 4 is 12.6 Å². The molecule has 0 aliphatic carbocycles. The molecule has 1 aliphatic heterocycles. The van der Waals surface area contributed by atoms with E-state index in [0.717, 1.165) is 19.6 Å². The molecule has 3 nitrogen and oxygen atoms in total. The Morgan fingerprint density at radius 1 is 0.944 bits per heavy atom. The Bertz CT molecular complexity index is 367. The Morgan fingerprint density at radius 2 is 1.56 bits per heavy atom. The first-order chi connectivity index (χ1) is 8.76. The summed E-state index contributed by atoms with van der Waals surface area (Å²) >= 11 is 0. The van der Waals surface area contributed by atoms with Crippen molar-refractivity contribution in [1.29, 1.82) is 0 Å². The highest BCUT2D eigenvalue weighted by Gasteiger charge is 2.12. The van der Waals surface area contributed by atoms with Crippen molar-refractivity contribution in [2.75, 3.05) is 20.1 Å². The largest absolute Gasteiger partial charge is 0.401 e. The second-order valence-corrected chi connectivity index (χ2v) is 3.76. The van der Waals surface area contributed by atoms with Gasteiger partial charge in [0.05, 0.1) is 0 Å². The molecule has 0 saturated heterocycles. The Morgan fingerprint density at radius 3 is 1.83 bits per heavy atom. The van der Waals surface area contributed by atoms with Gasteiger partial charge in [0.25, 0.3) is 0 Å². The molecule has 0 amide bonds. The van der Waals surface area contributed by atoms with E-state index in [4.69, 9.17) is 0 Å². The number of rotatable bonds is 2. The van der Waals surface area contributed by atoms with E-state index in [9.17, 15) is 0 Å². The van der Waals surface area contributed by atoms with E-state index in [1.54, 1.807) is 0 Å². The van der Waals surface area contributed by atoms with E-state index in [1.807, 2.05) is 32.0 Å². The van der Waals surface area contributed by atoms with Crippen LogP contribution in [0.15, 0.2) is 30.6 Å². The Balaban J connectivity index is 0.000000283. The van der Waals surface area contributed by atoms with Gasteiger partial charge in [0, 0.05) is 12.1 Å². The van der Waals surface area contributed by atoms with Crippen LogP contribution in [0.1, 0.15) is 27.7 Å². The van der Waals surface area contributed by atoms with Gasteiger partial charge in [0.2, 0.25) is 12.8 Å². The third-order valence-electron chi connectivity index (χ3n) is 2.50. The van der Waals surface area contributed by atoms with E-state index in [1.165, 1.54) is 0 Å². The molecule has 100 valence electrons. The molecule has 0 saturated carbocycles. The van der Waals surface area contributed by atoms with Crippen molar-refractivity contribution in [3.8, 4) is 0 Å². The molecule has 0 bridgehead atoms. The van der Waals surface area contributed by atoms with E-state index < -0.39 is 0 Å². The van der Waals surface area contributed by atoms with E-state index in [2.05, 4.69) is 59.6 Å². The third-order valence-corrected chi connectivity index (χ3v) is 2.50. The highest BCUT2D eigenvalue weighted by Crippen LogP contribution is 1.77. The smallest absolute Gasteiger partial charge is 0.205 e. The fourth-order valence-corrected chi connectivity index (χ4v) is 1.44. The van der Waals surface area contributed by atoms with Crippen molar-refractivity contribution in [2.24, 2.45) is 0 Å². The summed E-state index contributed by atoms with van der Waals surface area (Å²) < 4.78 is 6.46. The van der Waals surface area contributed by atoms with Crippen LogP contribution < -0.4 is 4.57 Å². The Kier molecular flexibility index (Phi) is 9.74. The minimum Gasteiger partial charge on any atom is -0.205 e. The number of hydrogen-bond donors (Lipinski definition) is 0. The topological polar surface area (TPSA) is 9.90 Å². The molecule has 0 aromatic carbocycles. The molecule has 2 heterocycles. The zero-order chi connectivity index (χ0) is 13.8. The molecule has 0 N–H and O–H groups in total. The number of nitrogens with zero attached hydrogens (tertiary/aromatic N) is 3. The van der Waals surface area contributed by atoms with E-state index in [0.29, 0.717) is 0 Å². The fraction of sp³-hybridized carbons (Fsp3) is 0.533. The minimum absolute atomic E-state index is 1.06. The second-order valence-electron chi connectivity index (χ2n) is 3.76. The van der Waals surface area contributed by atoms with Gasteiger partial charge in [0.1, 0.15) is 20.1 Å². The Labute approximate surface area is 112 Å². The maximum Gasteiger partial charge on any atom is 0.401 e. The second kappa shape index (κ2) is 10.6. The lowest BCUT2D eigenvalue weighted by Gasteiger charge is -1.84. The predicted molar refractivity (Wildman–Crippen MR) is 77.6 cm³/mol. The van der Waals surface area contributed by atoms with Crippen molar-refractivity contribution in [3.05, 3.63) is 30.6 Å². The van der Waals surface area contributed by atoms with Gasteiger partial charge < -0.3 is 0 Å². The van der Waals surface area contributed by atoms with Gasteiger partial charge in [-0.25, -0.2) is 4.57 Å². The third kappa shape index (κ3) is 6.94. The summed E-state index contributed by atoms with van der Waals surface area (Å²) in [6.07, 6.45) is 8.38. The van der Waals surface area contributed by atoms with Crippen LogP contribution in [0.5, 0.6) is 0 Å². The summed E-state index contributed by atoms with van der Waals surface area (Å²) in [5.41, 5.74) is 0. The highest BCUT2D eigenvalue weighted by molar-refractivity contribution is 5.61. The van der Waals surface area contributed by atoms with Crippen LogP contribution in [0.4, 0.5) is 0 Å². The number of pyridine rings is 1. The van der Waals surface area contributed by atoms with Gasteiger partial charge in [-0.3, -0.25) is 0 Å². The van der Waals surface area contributed by atoms with Gasteiger partial charge >= 0.3 is 6.34 Å². The van der Waals surface area contributed by atoms with Crippen LogP contribution in [0.25, 0.3) is 0 Å². The number of hydrogen-bond acceptors (Lipinski definition) is 0. The van der Waals surface area contributed by atoms with Crippen LogP contribution in [-0.4, -0.2) is 41.8 Å². The van der Waals surface area contributed by atoms with E-state index >= 15 is 0 Å². The molecule has 0 unspecified atom stereocenters. The first kappa shape index (κ1) is 16.5. The van der Waals surface area contributed by atoms with Crippen molar-refractivity contribution < 1.29 is 13.7 Å². The molecule has 0 fully saturated rings. The summed E-state index contributed by atoms with van der Waals surface area (Å²) in [6, 6.07) is 6.08. The van der Waals surface area contributed by atoms with Crippen LogP contribution in [-0.2, 0) is 6.54 Å². The van der Waals surface area contributed by atoms with Crippen LogP contribution in [0.2, 0.25) is 0 Å². The summed E-state index contributed by atoms with van der Waals surface area (Å²) in [4.78, 5) is 0. The molecule has 3 heteroatoms. The number of aromatic nitrogens is 1. The van der Waals surface area contributed by atoms with Crippen molar-refractivity contribution in [1.82, 2.24) is 0 Å². The molecule has 1 aliphatic rings. The quantitative estimate of drug-likeness (QED) is 0.708. The van der Waals surface area contributed by atoms with Gasteiger partial charge in [-0.05, 0) is 13.8 Å². The Hall–Kier alpha value is -1.51. The molecular weight excluding hydrogens is 222 g/mol. The normalized spacial score (nSPS) is 12.5. The average molecular weight is 250 g/mol. The fourth-order valence-electron chi connectivity index (χ4n) is 1.44. The molecule has 0 radical (unpaired) electrons. The lowest BCUT2D eigenvalue weighted by Crippen LogP contribution is -2.30. The minimum atomic E-state index is 1.06. The summed E-state index contributed by atoms with van der Waals surface area (Å²) in [7, 11) is 2.05. The molecule has 1 aromatic heterocycles. The summed E-state index contributed by atoms with van der Waals surface area (Å²) in [5.74, 6) is 0. The SMILES string of the molecule is CC.CC[N+]1=C[N+](C)=CC1.CC[n+]1ccccc1. The monoisotopic (exact) mass is 250 g/mol. The predicted octanol–water partition coefficient (Wildman–Crippen LogP) is 1.79. The van der Waals surface area contributed by atoms with Gasteiger partial charge in [-0.2, -0.15) is 9.15 Å². The summed E-state index contributed by atoms with van der Waals surface area (Å²) in [6.45, 7) is 11.5. The average Bonchev–Trinajstić information content (AvgIpc) is 2.88. The van der Waals surface area contributed by atoms with Crippen molar-refractivity contribution in [2.45, 2.75) is 34.2 Å². The molecule has 0 atom stereocenters. The zero-order valence-corrected chi connectivity index (χ0v) is 12.5. The summed E-state index contributed by atoms with van der Waals surface area (Å²) in [5, 5.41) is 0. The molecule has 18 heavy (non-hydrogen) atoms. The molecule has 2 rings (SSSR count). The molecule has 1 aromatic rings. The van der Waals surface area contributed by atoms with Gasteiger partial charge in [-0.1, -0.05) is 19.9 Å². The first-order valence-corrected chi connectivity index (χ1v) is 6.84. The van der Waals surface area contributed by atoms with Crippen LogP contribution in [0, 0.1) is 0 Å². The van der Waals surface area contributed by atoms with Crippen molar-refractivity contribution in [3.63, 3.8) is 0 Å². The van der Waals surface area contributed by atoms with Crippen LogP contribution >= 0.6 is 0 Å². The van der Waals surface area contributed by atoms with E-state index in [-0.39, 0.29) is 0 Å². The molecular formula is C15H28N3+3. The lowest BCUT2D eigenvalue weighted by molar-refractivity contribution is -0.693. The number of aryl methyl sites for hydroxylation is 1. The maximum absolute atomic E-state index is 2.25. The lowest BCUT2D eigenvalue weighted by atomic mass is 10.5. The standard InChI is InChI=1S/C7H10N.C6H12N2.C2H6/c1-2-8-6-4-3-5-7-8;1-3-8-5-4-7(2)6-8;1-2/h3-7H,2H2,1H3;4,6H,3,5H2,1-2H3;1-2H3/q+1;+2;. The first-order valence-electron chi connectivity index (χ1n) is 6.84. The highest BCUT2D eigenvalue weighted by atomic mass is 15.2. The van der Waals surface area contributed by atoms with Gasteiger partial charge in [-0.15, -0.1) is 0 Å². The van der Waals surface area contributed by atoms with Crippen LogP contribution in [0.3, 0.4) is 0 Å². The molecule has 0 spiro atoms.